The zero-order valence-corrected chi connectivity index (χ0v) is 32.5. The molecule has 0 radical (unpaired) electrons. The Morgan fingerprint density at radius 2 is 1.05 bits per heavy atom. The second-order valence-electron chi connectivity index (χ2n) is 16.0. The molecule has 0 saturated carbocycles. The van der Waals surface area contributed by atoms with Crippen LogP contribution < -0.4 is 0 Å². The molecule has 1 aliphatic rings. The van der Waals surface area contributed by atoms with Gasteiger partial charge in [0.05, 0.1) is 11.0 Å². The topological polar surface area (TPSA) is 56.7 Å². The van der Waals surface area contributed by atoms with E-state index in [9.17, 15) is 0 Å². The van der Waals surface area contributed by atoms with Crippen molar-refractivity contribution < 1.29 is 4.42 Å². The highest BCUT2D eigenvalue weighted by Gasteiger charge is 2.38. The van der Waals surface area contributed by atoms with Crippen LogP contribution in [0.3, 0.4) is 0 Å². The third kappa shape index (κ3) is 5.08. The van der Waals surface area contributed by atoms with Gasteiger partial charge in [-0.1, -0.05) is 159 Å². The van der Waals surface area contributed by atoms with E-state index in [0.717, 1.165) is 61.0 Å². The Morgan fingerprint density at radius 3 is 1.78 bits per heavy atom. The Hall–Kier alpha value is -7.63. The monoisotopic (exact) mass is 756 g/mol. The van der Waals surface area contributed by atoms with Gasteiger partial charge in [0.25, 0.3) is 0 Å². The van der Waals surface area contributed by atoms with Gasteiger partial charge in [0.15, 0.2) is 17.5 Å². The zero-order valence-electron chi connectivity index (χ0n) is 32.5. The quantitative estimate of drug-likeness (QED) is 0.175. The van der Waals surface area contributed by atoms with Crippen LogP contribution in [0.1, 0.15) is 25.0 Å². The summed E-state index contributed by atoms with van der Waals surface area (Å²) in [4.78, 5) is 15.4. The van der Waals surface area contributed by atoms with Crippen LogP contribution in [0.15, 0.2) is 186 Å². The molecule has 1 aliphatic carbocycles. The summed E-state index contributed by atoms with van der Waals surface area (Å²) in [5, 5.41) is 4.45. The fourth-order valence-corrected chi connectivity index (χ4v) is 9.52. The van der Waals surface area contributed by atoms with E-state index in [2.05, 4.69) is 134 Å². The molecule has 0 spiro atoms. The Bertz CT molecular complexity index is 3400. The molecule has 0 bridgehead atoms. The Kier molecular flexibility index (Phi) is 7.20. The third-order valence-electron chi connectivity index (χ3n) is 12.2. The van der Waals surface area contributed by atoms with E-state index in [1.807, 2.05) is 66.7 Å². The number of furan rings is 1. The lowest BCUT2D eigenvalue weighted by molar-refractivity contribution is 0.663. The van der Waals surface area contributed by atoms with E-state index >= 15 is 0 Å². The second kappa shape index (κ2) is 12.7. The number of rotatable bonds is 5. The van der Waals surface area contributed by atoms with Gasteiger partial charge in [0.2, 0.25) is 0 Å². The van der Waals surface area contributed by atoms with Crippen LogP contribution in [0.5, 0.6) is 0 Å². The minimum Gasteiger partial charge on any atom is -0.456 e. The molecule has 0 saturated heterocycles. The first-order chi connectivity index (χ1) is 29.0. The second-order valence-corrected chi connectivity index (χ2v) is 16.0. The molecule has 3 heterocycles. The summed E-state index contributed by atoms with van der Waals surface area (Å²) in [6, 6.07) is 64.0. The molecule has 0 atom stereocenters. The molecule has 5 heteroatoms. The molecule has 278 valence electrons. The van der Waals surface area contributed by atoms with Gasteiger partial charge in [-0.15, -0.1) is 0 Å². The van der Waals surface area contributed by atoms with E-state index in [1.54, 1.807) is 0 Å². The fourth-order valence-electron chi connectivity index (χ4n) is 9.52. The van der Waals surface area contributed by atoms with Crippen molar-refractivity contribution in [3.05, 3.63) is 193 Å². The van der Waals surface area contributed by atoms with Crippen LogP contribution in [0.2, 0.25) is 0 Å². The first-order valence-electron chi connectivity index (χ1n) is 20.1. The number of fused-ring (bicyclic) bond motifs is 10. The molecule has 0 amide bonds. The van der Waals surface area contributed by atoms with Gasteiger partial charge in [-0.05, 0) is 63.7 Å². The molecule has 8 aromatic carbocycles. The molecule has 11 aromatic rings. The fraction of sp³-hybridized carbons (Fsp3) is 0.0556. The molecule has 0 unspecified atom stereocenters. The summed E-state index contributed by atoms with van der Waals surface area (Å²) in [5.74, 6) is 1.82. The molecule has 5 nitrogen and oxygen atoms in total. The van der Waals surface area contributed by atoms with Gasteiger partial charge in [-0.25, -0.2) is 15.0 Å². The normalized spacial score (nSPS) is 13.1. The Labute approximate surface area is 340 Å². The van der Waals surface area contributed by atoms with Crippen molar-refractivity contribution in [1.82, 2.24) is 19.5 Å². The summed E-state index contributed by atoms with van der Waals surface area (Å²) in [7, 11) is 0. The van der Waals surface area contributed by atoms with Crippen molar-refractivity contribution in [1.29, 1.82) is 0 Å². The Morgan fingerprint density at radius 1 is 0.441 bits per heavy atom. The first kappa shape index (κ1) is 33.5. The molecule has 0 fully saturated rings. The van der Waals surface area contributed by atoms with Crippen molar-refractivity contribution >= 4 is 43.7 Å². The highest BCUT2D eigenvalue weighted by molar-refractivity contribution is 6.15. The van der Waals surface area contributed by atoms with E-state index in [-0.39, 0.29) is 5.41 Å². The largest absolute Gasteiger partial charge is 0.456 e. The van der Waals surface area contributed by atoms with E-state index in [1.165, 1.54) is 38.5 Å². The lowest BCUT2D eigenvalue weighted by Gasteiger charge is -2.23. The van der Waals surface area contributed by atoms with Crippen molar-refractivity contribution in [3.8, 4) is 62.1 Å². The standard InChI is InChI=1S/C54H36N4O/c1-54(2)44-24-14-12-22-38(44)40-28-29-41-39-23-13-15-25-45(39)58(50(41)49(40)54)37-26-27-42-46(32-37)59-47-31-36(33-16-6-3-7-17-33)30-43(48(42)47)53-56-51(34-18-8-4-9-19-34)55-52(57-53)35-20-10-5-11-21-35/h3-32H,1-2H3. The van der Waals surface area contributed by atoms with E-state index in [4.69, 9.17) is 19.4 Å². The number of para-hydroxylation sites is 1. The minimum absolute atomic E-state index is 0.189. The number of aromatic nitrogens is 4. The summed E-state index contributed by atoms with van der Waals surface area (Å²) < 4.78 is 9.42. The van der Waals surface area contributed by atoms with Crippen LogP contribution >= 0.6 is 0 Å². The number of benzene rings is 8. The number of hydrogen-bond acceptors (Lipinski definition) is 4. The highest BCUT2D eigenvalue weighted by atomic mass is 16.3. The zero-order chi connectivity index (χ0) is 39.2. The van der Waals surface area contributed by atoms with Crippen molar-refractivity contribution in [2.75, 3.05) is 0 Å². The summed E-state index contributed by atoms with van der Waals surface area (Å²) in [6.07, 6.45) is 0. The summed E-state index contributed by atoms with van der Waals surface area (Å²) in [5.41, 5.74) is 15.0. The SMILES string of the molecule is CC1(C)c2ccccc2-c2ccc3c4ccccc4n(-c4ccc5c(c4)oc4cc(-c6ccccc6)cc(-c6nc(-c7ccccc7)nc(-c7ccccc7)n6)c45)c3c21. The van der Waals surface area contributed by atoms with Gasteiger partial charge in [0.1, 0.15) is 11.2 Å². The molecule has 0 N–H and O–H groups in total. The van der Waals surface area contributed by atoms with E-state index in [0.29, 0.717) is 17.5 Å². The molecule has 12 rings (SSSR count). The van der Waals surface area contributed by atoms with E-state index < -0.39 is 0 Å². The van der Waals surface area contributed by atoms with Gasteiger partial charge in [0, 0.05) is 55.4 Å². The average Bonchev–Trinajstić information content (AvgIpc) is 3.91. The maximum atomic E-state index is 6.97. The summed E-state index contributed by atoms with van der Waals surface area (Å²) in [6.45, 7) is 4.72. The maximum absolute atomic E-state index is 6.97. The van der Waals surface area contributed by atoms with Crippen LogP contribution in [0.4, 0.5) is 0 Å². The molecular weight excluding hydrogens is 721 g/mol. The third-order valence-corrected chi connectivity index (χ3v) is 12.2. The predicted molar refractivity (Wildman–Crippen MR) is 241 cm³/mol. The minimum atomic E-state index is -0.189. The van der Waals surface area contributed by atoms with Crippen molar-refractivity contribution in [2.45, 2.75) is 19.3 Å². The van der Waals surface area contributed by atoms with Crippen LogP contribution in [0, 0.1) is 0 Å². The lowest BCUT2D eigenvalue weighted by Crippen LogP contribution is -2.16. The average molecular weight is 757 g/mol. The maximum Gasteiger partial charge on any atom is 0.164 e. The smallest absolute Gasteiger partial charge is 0.164 e. The first-order valence-corrected chi connectivity index (χ1v) is 20.1. The molecular formula is C54H36N4O. The van der Waals surface area contributed by atoms with Gasteiger partial charge < -0.3 is 8.98 Å². The van der Waals surface area contributed by atoms with Crippen LogP contribution in [0.25, 0.3) is 106 Å². The van der Waals surface area contributed by atoms with Crippen molar-refractivity contribution in [2.24, 2.45) is 0 Å². The van der Waals surface area contributed by atoms with Gasteiger partial charge in [-0.3, -0.25) is 0 Å². The molecule has 59 heavy (non-hydrogen) atoms. The van der Waals surface area contributed by atoms with Gasteiger partial charge >= 0.3 is 0 Å². The van der Waals surface area contributed by atoms with Crippen molar-refractivity contribution in [3.63, 3.8) is 0 Å². The molecule has 3 aromatic heterocycles. The highest BCUT2D eigenvalue weighted by Crippen LogP contribution is 2.53. The molecule has 0 aliphatic heterocycles. The van der Waals surface area contributed by atoms with Crippen LogP contribution in [-0.4, -0.2) is 19.5 Å². The van der Waals surface area contributed by atoms with Crippen LogP contribution in [-0.2, 0) is 5.41 Å². The summed E-state index contributed by atoms with van der Waals surface area (Å²) >= 11 is 0. The van der Waals surface area contributed by atoms with Gasteiger partial charge in [-0.2, -0.15) is 0 Å². The lowest BCUT2D eigenvalue weighted by atomic mass is 9.81. The number of nitrogens with zero attached hydrogens (tertiary/aromatic N) is 4. The number of hydrogen-bond donors (Lipinski definition) is 0. The predicted octanol–water partition coefficient (Wildman–Crippen LogP) is 13.8. The Balaban J connectivity index is 1.13.